The summed E-state index contributed by atoms with van der Waals surface area (Å²) in [4.78, 5) is 7.38. The van der Waals surface area contributed by atoms with Crippen LogP contribution < -0.4 is 0 Å². The maximum Gasteiger partial charge on any atom is 0.126 e. The van der Waals surface area contributed by atoms with E-state index in [4.69, 9.17) is 9.72 Å². The Morgan fingerprint density at radius 1 is 1.21 bits per heavy atom. The maximum absolute atomic E-state index is 10.3. The van der Waals surface area contributed by atoms with Gasteiger partial charge < -0.3 is 14.4 Å². The first kappa shape index (κ1) is 17.9. The Hall–Kier alpha value is -0.910. The number of aliphatic hydroxyl groups is 1. The van der Waals surface area contributed by atoms with Crippen molar-refractivity contribution in [1.29, 1.82) is 0 Å². The average molecular weight is 335 g/mol. The highest BCUT2D eigenvalue weighted by Crippen LogP contribution is 2.33. The zero-order valence-corrected chi connectivity index (χ0v) is 15.5. The molecule has 0 bridgehead atoms. The summed E-state index contributed by atoms with van der Waals surface area (Å²) in [6.07, 6.45) is 6.75. The van der Waals surface area contributed by atoms with Crippen LogP contribution in [-0.2, 0) is 24.6 Å². The number of β-amino-alcohol motifs (C(OH)–C–C–N with tert-alkyl or cyclic N) is 1. The largest absolute Gasteiger partial charge is 0.389 e. The summed E-state index contributed by atoms with van der Waals surface area (Å²) >= 11 is 0. The predicted octanol–water partition coefficient (Wildman–Crippen LogP) is 2.47. The van der Waals surface area contributed by atoms with E-state index in [1.807, 2.05) is 0 Å². The fourth-order valence-corrected chi connectivity index (χ4v) is 4.11. The number of likely N-dealkylation sites (tertiary alicyclic amines) is 1. The Morgan fingerprint density at radius 2 is 2.00 bits per heavy atom. The highest BCUT2D eigenvalue weighted by atomic mass is 16.5. The average Bonchev–Trinajstić information content (AvgIpc) is 3.12. The van der Waals surface area contributed by atoms with Gasteiger partial charge in [0.05, 0.1) is 24.4 Å². The number of aromatic nitrogens is 2. The minimum Gasteiger partial charge on any atom is -0.389 e. The molecule has 0 amide bonds. The standard InChI is InChI=1S/C19H33N3O2/c1-14(2)12-24-13-15(23)11-22-10-6-9-18(22)19-20-16-7-4-5-8-17(16)21(19)3/h14-15,18,23H,4-13H2,1-3H3. The predicted molar refractivity (Wildman–Crippen MR) is 95.1 cm³/mol. The minimum absolute atomic E-state index is 0.348. The van der Waals surface area contributed by atoms with Crippen LogP contribution in [0.1, 0.15) is 62.8 Å². The third-order valence-electron chi connectivity index (χ3n) is 5.28. The summed E-state index contributed by atoms with van der Waals surface area (Å²) in [5, 5.41) is 10.3. The number of rotatable bonds is 7. The molecule has 2 atom stereocenters. The zero-order chi connectivity index (χ0) is 17.1. The van der Waals surface area contributed by atoms with Gasteiger partial charge in [-0.2, -0.15) is 0 Å². The molecule has 5 heteroatoms. The van der Waals surface area contributed by atoms with Crippen molar-refractivity contribution < 1.29 is 9.84 Å². The molecule has 1 aromatic heterocycles. The second-order valence-electron chi connectivity index (χ2n) is 7.87. The Labute approximate surface area is 146 Å². The molecule has 0 radical (unpaired) electrons. The lowest BCUT2D eigenvalue weighted by Gasteiger charge is -2.26. The molecule has 1 aliphatic heterocycles. The van der Waals surface area contributed by atoms with E-state index in [0.29, 0.717) is 31.7 Å². The van der Waals surface area contributed by atoms with E-state index in [1.54, 1.807) is 0 Å². The summed E-state index contributed by atoms with van der Waals surface area (Å²) in [6.45, 7) is 7.13. The third kappa shape index (κ3) is 4.01. The molecule has 2 unspecified atom stereocenters. The van der Waals surface area contributed by atoms with E-state index >= 15 is 0 Å². The van der Waals surface area contributed by atoms with Gasteiger partial charge in [0, 0.05) is 25.9 Å². The molecule has 136 valence electrons. The summed E-state index contributed by atoms with van der Waals surface area (Å²) in [5.41, 5.74) is 2.75. The number of hydrogen-bond donors (Lipinski definition) is 1. The first-order valence-corrected chi connectivity index (χ1v) is 9.60. The Bertz CT molecular complexity index is 541. The summed E-state index contributed by atoms with van der Waals surface area (Å²) in [7, 11) is 2.17. The number of ether oxygens (including phenoxy) is 1. The van der Waals surface area contributed by atoms with Gasteiger partial charge in [-0.05, 0) is 51.0 Å². The fraction of sp³-hybridized carbons (Fsp3) is 0.842. The van der Waals surface area contributed by atoms with E-state index in [-0.39, 0.29) is 0 Å². The molecule has 1 N–H and O–H groups in total. The van der Waals surface area contributed by atoms with Gasteiger partial charge >= 0.3 is 0 Å². The van der Waals surface area contributed by atoms with Crippen molar-refractivity contribution in [3.05, 3.63) is 17.2 Å². The van der Waals surface area contributed by atoms with Crippen molar-refractivity contribution >= 4 is 0 Å². The van der Waals surface area contributed by atoms with Crippen LogP contribution in [0.5, 0.6) is 0 Å². The van der Waals surface area contributed by atoms with Crippen LogP contribution in [-0.4, -0.2) is 52.0 Å². The highest BCUT2D eigenvalue weighted by Gasteiger charge is 2.32. The molecule has 1 aliphatic carbocycles. The van der Waals surface area contributed by atoms with Crippen LogP contribution in [0.3, 0.4) is 0 Å². The first-order valence-electron chi connectivity index (χ1n) is 9.60. The van der Waals surface area contributed by atoms with Crippen molar-refractivity contribution in [2.24, 2.45) is 13.0 Å². The van der Waals surface area contributed by atoms with Crippen molar-refractivity contribution in [3.8, 4) is 0 Å². The molecule has 1 saturated heterocycles. The lowest BCUT2D eigenvalue weighted by atomic mass is 10.0. The van der Waals surface area contributed by atoms with Crippen LogP contribution in [0.2, 0.25) is 0 Å². The van der Waals surface area contributed by atoms with Crippen LogP contribution in [0.15, 0.2) is 0 Å². The van der Waals surface area contributed by atoms with Gasteiger partial charge in [0.2, 0.25) is 0 Å². The van der Waals surface area contributed by atoms with E-state index < -0.39 is 6.10 Å². The van der Waals surface area contributed by atoms with Crippen molar-refractivity contribution in [2.75, 3.05) is 26.3 Å². The summed E-state index contributed by atoms with van der Waals surface area (Å²) in [5.74, 6) is 1.71. The quantitative estimate of drug-likeness (QED) is 0.832. The van der Waals surface area contributed by atoms with E-state index in [0.717, 1.165) is 25.8 Å². The number of nitrogens with zero attached hydrogens (tertiary/aromatic N) is 3. The van der Waals surface area contributed by atoms with Gasteiger partial charge in [-0.3, -0.25) is 4.90 Å². The Morgan fingerprint density at radius 3 is 2.75 bits per heavy atom. The maximum atomic E-state index is 10.3. The molecular weight excluding hydrogens is 302 g/mol. The van der Waals surface area contributed by atoms with Crippen molar-refractivity contribution in [3.63, 3.8) is 0 Å². The zero-order valence-electron chi connectivity index (χ0n) is 15.5. The molecule has 0 aromatic carbocycles. The Kier molecular flexibility index (Phi) is 5.95. The Balaban J connectivity index is 1.62. The number of fused-ring (bicyclic) bond motifs is 1. The van der Waals surface area contributed by atoms with E-state index in [2.05, 4.69) is 30.4 Å². The topological polar surface area (TPSA) is 50.5 Å². The van der Waals surface area contributed by atoms with Gasteiger partial charge in [0.1, 0.15) is 5.82 Å². The molecule has 5 nitrogen and oxygen atoms in total. The summed E-state index contributed by atoms with van der Waals surface area (Å²) in [6, 6.07) is 0.348. The second kappa shape index (κ2) is 7.98. The molecule has 24 heavy (non-hydrogen) atoms. The molecule has 3 rings (SSSR count). The minimum atomic E-state index is -0.417. The van der Waals surface area contributed by atoms with Crippen molar-refractivity contribution in [2.45, 2.75) is 64.5 Å². The van der Waals surface area contributed by atoms with E-state index in [9.17, 15) is 5.11 Å². The highest BCUT2D eigenvalue weighted by molar-refractivity contribution is 5.22. The molecule has 0 saturated carbocycles. The lowest BCUT2D eigenvalue weighted by Crippen LogP contribution is -2.35. The number of hydrogen-bond acceptors (Lipinski definition) is 4. The summed E-state index contributed by atoms with van der Waals surface area (Å²) < 4.78 is 7.93. The number of aliphatic hydroxyl groups excluding tert-OH is 1. The van der Waals surface area contributed by atoms with Crippen molar-refractivity contribution in [1.82, 2.24) is 14.5 Å². The van der Waals surface area contributed by atoms with Crippen LogP contribution in [0, 0.1) is 5.92 Å². The second-order valence-corrected chi connectivity index (χ2v) is 7.87. The van der Waals surface area contributed by atoms with Crippen LogP contribution in [0.25, 0.3) is 0 Å². The van der Waals surface area contributed by atoms with Crippen LogP contribution >= 0.6 is 0 Å². The first-order chi connectivity index (χ1) is 11.6. The van der Waals surface area contributed by atoms with Gasteiger partial charge in [0.15, 0.2) is 0 Å². The number of imidazole rings is 1. The molecule has 1 aromatic rings. The SMILES string of the molecule is CC(C)COCC(O)CN1CCCC1c1nc2c(n1C)CCCC2. The number of aryl methyl sites for hydroxylation is 1. The van der Waals surface area contributed by atoms with Gasteiger partial charge in [-0.25, -0.2) is 4.98 Å². The normalized spacial score (nSPS) is 23.0. The molecule has 0 spiro atoms. The third-order valence-corrected chi connectivity index (χ3v) is 5.28. The van der Waals surface area contributed by atoms with Gasteiger partial charge in [0.25, 0.3) is 0 Å². The fourth-order valence-electron chi connectivity index (χ4n) is 4.11. The van der Waals surface area contributed by atoms with E-state index in [1.165, 1.54) is 36.5 Å². The van der Waals surface area contributed by atoms with Gasteiger partial charge in [-0.15, -0.1) is 0 Å². The van der Waals surface area contributed by atoms with Gasteiger partial charge in [-0.1, -0.05) is 13.8 Å². The molecule has 1 fully saturated rings. The monoisotopic (exact) mass is 335 g/mol. The smallest absolute Gasteiger partial charge is 0.126 e. The molecule has 2 heterocycles. The molecule has 2 aliphatic rings. The van der Waals surface area contributed by atoms with Crippen LogP contribution in [0.4, 0.5) is 0 Å². The molecular formula is C19H33N3O2. The lowest BCUT2D eigenvalue weighted by molar-refractivity contribution is 0.00548.